The van der Waals surface area contributed by atoms with Crippen LogP contribution in [0.1, 0.15) is 11.8 Å². The molecule has 2 rings (SSSR count). The second-order valence-electron chi connectivity index (χ2n) is 5.15. The first-order chi connectivity index (χ1) is 11.5. The van der Waals surface area contributed by atoms with Crippen LogP contribution >= 0.6 is 22.9 Å². The molecule has 0 radical (unpaired) electrons. The van der Waals surface area contributed by atoms with Gasteiger partial charge in [0.25, 0.3) is 5.91 Å². The van der Waals surface area contributed by atoms with Crippen LogP contribution in [0.25, 0.3) is 0 Å². The molecule has 1 heterocycles. The maximum Gasteiger partial charge on any atom is 0.263 e. The van der Waals surface area contributed by atoms with Crippen molar-refractivity contribution in [3.05, 3.63) is 58.3 Å². The number of hydrogen-bond donors (Lipinski definition) is 0. The number of thiophene rings is 1. The molecular weight excluding hydrogens is 346 g/mol. The first-order valence-corrected chi connectivity index (χ1v) is 8.67. The molecular formula is C18H20ClNO3S. The van der Waals surface area contributed by atoms with Crippen LogP contribution in [0.5, 0.6) is 11.5 Å². The van der Waals surface area contributed by atoms with Crippen molar-refractivity contribution in [3.8, 4) is 11.5 Å². The van der Waals surface area contributed by atoms with Gasteiger partial charge in [0.15, 0.2) is 6.10 Å². The van der Waals surface area contributed by atoms with Gasteiger partial charge in [-0.2, -0.15) is 0 Å². The van der Waals surface area contributed by atoms with Gasteiger partial charge in [-0.15, -0.1) is 17.9 Å². The minimum Gasteiger partial charge on any atom is -0.497 e. The number of nitrogens with zero attached hydrogens (tertiary/aromatic N) is 1. The lowest BCUT2D eigenvalue weighted by Gasteiger charge is -2.24. The summed E-state index contributed by atoms with van der Waals surface area (Å²) in [5.41, 5.74) is 0. The Bertz CT molecular complexity index is 684. The summed E-state index contributed by atoms with van der Waals surface area (Å²) in [7, 11) is 1.60. The molecule has 24 heavy (non-hydrogen) atoms. The number of methoxy groups -OCH3 is 1. The van der Waals surface area contributed by atoms with E-state index in [1.165, 1.54) is 11.3 Å². The van der Waals surface area contributed by atoms with Gasteiger partial charge in [-0.3, -0.25) is 4.79 Å². The molecule has 1 atom stereocenters. The van der Waals surface area contributed by atoms with Crippen molar-refractivity contribution in [3.63, 3.8) is 0 Å². The summed E-state index contributed by atoms with van der Waals surface area (Å²) in [6.07, 6.45) is 1.10. The monoisotopic (exact) mass is 365 g/mol. The molecule has 1 aromatic heterocycles. The average molecular weight is 366 g/mol. The molecule has 0 N–H and O–H groups in total. The van der Waals surface area contributed by atoms with Gasteiger partial charge in [0.2, 0.25) is 0 Å². The summed E-state index contributed by atoms with van der Waals surface area (Å²) in [6.45, 7) is 6.39. The van der Waals surface area contributed by atoms with Crippen molar-refractivity contribution in [2.75, 3.05) is 13.7 Å². The van der Waals surface area contributed by atoms with E-state index in [2.05, 4.69) is 6.58 Å². The Morgan fingerprint density at radius 3 is 2.50 bits per heavy atom. The molecule has 1 aromatic carbocycles. The van der Waals surface area contributed by atoms with Gasteiger partial charge in [-0.25, -0.2) is 0 Å². The Morgan fingerprint density at radius 1 is 1.29 bits per heavy atom. The van der Waals surface area contributed by atoms with E-state index >= 15 is 0 Å². The Morgan fingerprint density at radius 2 is 1.96 bits per heavy atom. The Balaban J connectivity index is 2.02. The van der Waals surface area contributed by atoms with Crippen LogP contribution < -0.4 is 9.47 Å². The van der Waals surface area contributed by atoms with Gasteiger partial charge >= 0.3 is 0 Å². The zero-order valence-electron chi connectivity index (χ0n) is 13.7. The highest BCUT2D eigenvalue weighted by Crippen LogP contribution is 2.23. The Hall–Kier alpha value is -1.98. The second-order valence-corrected chi connectivity index (χ2v) is 6.95. The molecule has 0 aliphatic heterocycles. The molecule has 4 nitrogen and oxygen atoms in total. The summed E-state index contributed by atoms with van der Waals surface area (Å²) in [4.78, 5) is 15.4. The lowest BCUT2D eigenvalue weighted by molar-refractivity contribution is -0.138. The number of benzene rings is 1. The molecule has 0 aliphatic carbocycles. The molecule has 0 spiro atoms. The second kappa shape index (κ2) is 8.76. The number of halogens is 1. The predicted octanol–water partition coefficient (Wildman–Crippen LogP) is 4.39. The summed E-state index contributed by atoms with van der Waals surface area (Å²) < 4.78 is 11.6. The predicted molar refractivity (Wildman–Crippen MR) is 98.0 cm³/mol. The molecule has 0 saturated heterocycles. The van der Waals surface area contributed by atoms with Crippen LogP contribution in [-0.4, -0.2) is 30.6 Å². The van der Waals surface area contributed by atoms with Crippen molar-refractivity contribution < 1.29 is 14.3 Å². The number of rotatable bonds is 8. The molecule has 0 fully saturated rings. The molecule has 0 aliphatic rings. The van der Waals surface area contributed by atoms with Crippen molar-refractivity contribution >= 4 is 28.8 Å². The zero-order chi connectivity index (χ0) is 17.5. The molecule has 1 unspecified atom stereocenters. The first-order valence-electron chi connectivity index (χ1n) is 7.48. The molecule has 0 bridgehead atoms. The lowest BCUT2D eigenvalue weighted by atomic mass is 10.3. The topological polar surface area (TPSA) is 38.8 Å². The van der Waals surface area contributed by atoms with E-state index < -0.39 is 6.10 Å². The highest BCUT2D eigenvalue weighted by molar-refractivity contribution is 7.16. The number of ether oxygens (including phenoxy) is 2. The summed E-state index contributed by atoms with van der Waals surface area (Å²) in [6, 6.07) is 10.9. The van der Waals surface area contributed by atoms with Crippen molar-refractivity contribution in [1.82, 2.24) is 4.90 Å². The molecule has 1 amide bonds. The third kappa shape index (κ3) is 5.01. The van der Waals surface area contributed by atoms with E-state index in [0.717, 1.165) is 10.6 Å². The van der Waals surface area contributed by atoms with E-state index in [1.54, 1.807) is 49.3 Å². The standard InChI is InChI=1S/C18H20ClNO3S/c1-4-11-20(12-16-9-10-17(19)24-16)18(21)13(2)23-15-7-5-14(22-3)6-8-15/h4-10,13H,1,11-12H2,2-3H3. The van der Waals surface area contributed by atoms with Gasteiger partial charge in [-0.05, 0) is 43.3 Å². The van der Waals surface area contributed by atoms with Crippen LogP contribution in [-0.2, 0) is 11.3 Å². The van der Waals surface area contributed by atoms with Crippen LogP contribution in [0.2, 0.25) is 4.34 Å². The van der Waals surface area contributed by atoms with Crippen LogP contribution in [0.3, 0.4) is 0 Å². The van der Waals surface area contributed by atoms with Crippen LogP contribution in [0.4, 0.5) is 0 Å². The van der Waals surface area contributed by atoms with Gasteiger partial charge in [-0.1, -0.05) is 17.7 Å². The molecule has 2 aromatic rings. The number of amides is 1. The van der Waals surface area contributed by atoms with Crippen molar-refractivity contribution in [2.45, 2.75) is 19.6 Å². The maximum absolute atomic E-state index is 12.7. The minimum atomic E-state index is -0.603. The van der Waals surface area contributed by atoms with E-state index in [9.17, 15) is 4.79 Å². The third-order valence-electron chi connectivity index (χ3n) is 3.36. The van der Waals surface area contributed by atoms with E-state index in [0.29, 0.717) is 23.2 Å². The van der Waals surface area contributed by atoms with Crippen LogP contribution in [0, 0.1) is 0 Å². The molecule has 0 saturated carbocycles. The quantitative estimate of drug-likeness (QED) is 0.651. The molecule has 6 heteroatoms. The highest BCUT2D eigenvalue weighted by Gasteiger charge is 2.22. The Labute approximate surface area is 151 Å². The Kier molecular flexibility index (Phi) is 6.70. The fraction of sp³-hybridized carbons (Fsp3) is 0.278. The van der Waals surface area contributed by atoms with Gasteiger partial charge in [0.1, 0.15) is 11.5 Å². The number of hydrogen-bond acceptors (Lipinski definition) is 4. The van der Waals surface area contributed by atoms with Gasteiger partial charge in [0.05, 0.1) is 18.0 Å². The normalized spacial score (nSPS) is 11.6. The van der Waals surface area contributed by atoms with Gasteiger partial charge < -0.3 is 14.4 Å². The van der Waals surface area contributed by atoms with Crippen LogP contribution in [0.15, 0.2) is 49.1 Å². The van der Waals surface area contributed by atoms with E-state index in [-0.39, 0.29) is 5.91 Å². The highest BCUT2D eigenvalue weighted by atomic mass is 35.5. The maximum atomic E-state index is 12.7. The molecule has 128 valence electrons. The average Bonchev–Trinajstić information content (AvgIpc) is 2.99. The zero-order valence-corrected chi connectivity index (χ0v) is 15.3. The fourth-order valence-electron chi connectivity index (χ4n) is 2.18. The van der Waals surface area contributed by atoms with Crippen molar-refractivity contribution in [1.29, 1.82) is 0 Å². The fourth-order valence-corrected chi connectivity index (χ4v) is 3.28. The summed E-state index contributed by atoms with van der Waals surface area (Å²) in [5.74, 6) is 1.26. The SMILES string of the molecule is C=CCN(Cc1ccc(Cl)s1)C(=O)C(C)Oc1ccc(OC)cc1. The largest absolute Gasteiger partial charge is 0.497 e. The van der Waals surface area contributed by atoms with Gasteiger partial charge in [0, 0.05) is 11.4 Å². The third-order valence-corrected chi connectivity index (χ3v) is 4.57. The summed E-state index contributed by atoms with van der Waals surface area (Å²) in [5, 5.41) is 0. The lowest BCUT2D eigenvalue weighted by Crippen LogP contribution is -2.40. The number of carbonyl (C=O) groups excluding carboxylic acids is 1. The van der Waals surface area contributed by atoms with E-state index in [1.807, 2.05) is 12.1 Å². The van der Waals surface area contributed by atoms with Crippen molar-refractivity contribution in [2.24, 2.45) is 0 Å². The smallest absolute Gasteiger partial charge is 0.263 e. The minimum absolute atomic E-state index is 0.102. The first kappa shape index (κ1) is 18.4. The van der Waals surface area contributed by atoms with E-state index in [4.69, 9.17) is 21.1 Å². The number of carbonyl (C=O) groups is 1. The summed E-state index contributed by atoms with van der Waals surface area (Å²) >= 11 is 7.42.